The molecule has 1 aliphatic heterocycles. The maximum atomic E-state index is 12.2. The third-order valence-corrected chi connectivity index (χ3v) is 4.97. The molecule has 0 radical (unpaired) electrons. The average molecular weight is 324 g/mol. The first-order chi connectivity index (χ1) is 10.6. The van der Waals surface area contributed by atoms with E-state index in [2.05, 4.69) is 11.8 Å². The van der Waals surface area contributed by atoms with Crippen molar-refractivity contribution in [2.24, 2.45) is 0 Å². The van der Waals surface area contributed by atoms with Crippen LogP contribution in [-0.2, 0) is 9.53 Å². The SMILES string of the molecule is COCC(C)N1CCN(C(=O)CCC(=O)c2cccs2)CC1. The molecule has 122 valence electrons. The molecule has 6 heteroatoms. The quantitative estimate of drug-likeness (QED) is 0.719. The van der Waals surface area contributed by atoms with Crippen LogP contribution in [0.1, 0.15) is 29.4 Å². The molecule has 1 amide bonds. The van der Waals surface area contributed by atoms with Crippen LogP contribution in [0.3, 0.4) is 0 Å². The summed E-state index contributed by atoms with van der Waals surface area (Å²) in [6.45, 7) is 6.06. The van der Waals surface area contributed by atoms with Gasteiger partial charge < -0.3 is 9.64 Å². The lowest BCUT2D eigenvalue weighted by Crippen LogP contribution is -2.52. The standard InChI is InChI=1S/C16H24N2O3S/c1-13(12-21-2)17-7-9-18(10-8-17)16(20)6-5-14(19)15-4-3-11-22-15/h3-4,11,13H,5-10,12H2,1-2H3. The minimum atomic E-state index is 0.0655. The molecule has 0 bridgehead atoms. The van der Waals surface area contributed by atoms with Gasteiger partial charge in [0.15, 0.2) is 5.78 Å². The van der Waals surface area contributed by atoms with Crippen molar-refractivity contribution in [3.8, 4) is 0 Å². The smallest absolute Gasteiger partial charge is 0.223 e. The van der Waals surface area contributed by atoms with Crippen LogP contribution in [0.2, 0.25) is 0 Å². The number of nitrogens with zero attached hydrogens (tertiary/aromatic N) is 2. The van der Waals surface area contributed by atoms with Gasteiger partial charge >= 0.3 is 0 Å². The van der Waals surface area contributed by atoms with Crippen molar-refractivity contribution in [3.05, 3.63) is 22.4 Å². The molecule has 1 aromatic rings. The fraction of sp³-hybridized carbons (Fsp3) is 0.625. The van der Waals surface area contributed by atoms with Gasteiger partial charge in [-0.15, -0.1) is 11.3 Å². The van der Waals surface area contributed by atoms with Gasteiger partial charge in [-0.25, -0.2) is 0 Å². The van der Waals surface area contributed by atoms with Crippen LogP contribution in [0.5, 0.6) is 0 Å². The van der Waals surface area contributed by atoms with Crippen molar-refractivity contribution in [2.45, 2.75) is 25.8 Å². The molecule has 2 rings (SSSR count). The molecule has 0 N–H and O–H groups in total. The summed E-state index contributed by atoms with van der Waals surface area (Å²) in [6.07, 6.45) is 0.615. The third-order valence-electron chi connectivity index (χ3n) is 4.06. The van der Waals surface area contributed by atoms with Crippen molar-refractivity contribution >= 4 is 23.0 Å². The maximum absolute atomic E-state index is 12.2. The van der Waals surface area contributed by atoms with Crippen molar-refractivity contribution in [1.82, 2.24) is 9.80 Å². The second-order valence-electron chi connectivity index (χ2n) is 5.62. The number of Topliss-reactive ketones (excluding diaryl/α,β-unsaturated/α-hetero) is 1. The first-order valence-corrected chi connectivity index (χ1v) is 8.57. The Morgan fingerprint density at radius 1 is 1.27 bits per heavy atom. The Bertz CT molecular complexity index is 482. The summed E-state index contributed by atoms with van der Waals surface area (Å²) < 4.78 is 5.17. The number of hydrogen-bond donors (Lipinski definition) is 0. The summed E-state index contributed by atoms with van der Waals surface area (Å²) in [5, 5.41) is 1.88. The molecule has 1 fully saturated rings. The number of ketones is 1. The van der Waals surface area contributed by atoms with Crippen LogP contribution < -0.4 is 0 Å². The number of amides is 1. The number of methoxy groups -OCH3 is 1. The van der Waals surface area contributed by atoms with Crippen molar-refractivity contribution in [2.75, 3.05) is 39.9 Å². The number of ether oxygens (including phenoxy) is 1. The Balaban J connectivity index is 1.72. The van der Waals surface area contributed by atoms with Gasteiger partial charge in [-0.1, -0.05) is 6.07 Å². The minimum absolute atomic E-state index is 0.0655. The van der Waals surface area contributed by atoms with Gasteiger partial charge in [0.1, 0.15) is 0 Å². The lowest BCUT2D eigenvalue weighted by molar-refractivity contribution is -0.133. The summed E-state index contributed by atoms with van der Waals surface area (Å²) in [5.74, 6) is 0.152. The zero-order valence-corrected chi connectivity index (χ0v) is 14.1. The molecular weight excluding hydrogens is 300 g/mol. The highest BCUT2D eigenvalue weighted by Crippen LogP contribution is 2.14. The van der Waals surface area contributed by atoms with Gasteiger partial charge in [0.25, 0.3) is 0 Å². The van der Waals surface area contributed by atoms with E-state index in [9.17, 15) is 9.59 Å². The lowest BCUT2D eigenvalue weighted by Gasteiger charge is -2.37. The van der Waals surface area contributed by atoms with E-state index in [0.717, 1.165) is 31.1 Å². The maximum Gasteiger partial charge on any atom is 0.223 e. The Morgan fingerprint density at radius 2 is 2.00 bits per heavy atom. The van der Waals surface area contributed by atoms with Gasteiger partial charge in [0.2, 0.25) is 5.91 Å². The highest BCUT2D eigenvalue weighted by Gasteiger charge is 2.24. The van der Waals surface area contributed by atoms with Gasteiger partial charge in [-0.2, -0.15) is 0 Å². The van der Waals surface area contributed by atoms with Gasteiger partial charge in [0.05, 0.1) is 11.5 Å². The van der Waals surface area contributed by atoms with Crippen molar-refractivity contribution in [1.29, 1.82) is 0 Å². The molecule has 22 heavy (non-hydrogen) atoms. The van der Waals surface area contributed by atoms with Crippen LogP contribution >= 0.6 is 11.3 Å². The largest absolute Gasteiger partial charge is 0.383 e. The second kappa shape index (κ2) is 8.41. The highest BCUT2D eigenvalue weighted by atomic mass is 32.1. The molecular formula is C16H24N2O3S. The normalized spacial score (nSPS) is 17.5. The second-order valence-corrected chi connectivity index (χ2v) is 6.57. The molecule has 1 saturated heterocycles. The number of carbonyl (C=O) groups is 2. The van der Waals surface area contributed by atoms with Crippen LogP contribution in [0.4, 0.5) is 0 Å². The van der Waals surface area contributed by atoms with E-state index in [1.165, 1.54) is 11.3 Å². The van der Waals surface area contributed by atoms with E-state index >= 15 is 0 Å². The van der Waals surface area contributed by atoms with E-state index in [4.69, 9.17) is 4.74 Å². The molecule has 1 aromatic heterocycles. The number of carbonyl (C=O) groups excluding carboxylic acids is 2. The molecule has 1 atom stereocenters. The van der Waals surface area contributed by atoms with Crippen molar-refractivity contribution in [3.63, 3.8) is 0 Å². The molecule has 0 aliphatic carbocycles. The highest BCUT2D eigenvalue weighted by molar-refractivity contribution is 7.12. The number of hydrogen-bond acceptors (Lipinski definition) is 5. The fourth-order valence-electron chi connectivity index (χ4n) is 2.70. The van der Waals surface area contributed by atoms with Crippen LogP contribution in [0.15, 0.2) is 17.5 Å². The summed E-state index contributed by atoms with van der Waals surface area (Å²) in [4.78, 5) is 29.1. The first kappa shape index (κ1) is 17.1. The number of thiophene rings is 1. The number of rotatable bonds is 7. The van der Waals surface area contributed by atoms with Gasteiger partial charge in [0, 0.05) is 52.2 Å². The Morgan fingerprint density at radius 3 is 2.59 bits per heavy atom. The van der Waals surface area contributed by atoms with E-state index in [-0.39, 0.29) is 11.7 Å². The number of piperazine rings is 1. The molecule has 0 spiro atoms. The average Bonchev–Trinajstić information content (AvgIpc) is 3.07. The summed E-state index contributed by atoms with van der Waals surface area (Å²) in [7, 11) is 1.71. The third kappa shape index (κ3) is 4.63. The topological polar surface area (TPSA) is 49.9 Å². The van der Waals surface area contributed by atoms with Gasteiger partial charge in [-0.3, -0.25) is 14.5 Å². The van der Waals surface area contributed by atoms with Crippen LogP contribution in [0.25, 0.3) is 0 Å². The Kier molecular flexibility index (Phi) is 6.54. The van der Waals surface area contributed by atoms with Crippen molar-refractivity contribution < 1.29 is 14.3 Å². The summed E-state index contributed by atoms with van der Waals surface area (Å²) in [5.41, 5.74) is 0. The predicted octanol–water partition coefficient (Wildman–Crippen LogP) is 1.89. The van der Waals surface area contributed by atoms with Crippen LogP contribution in [-0.4, -0.2) is 67.4 Å². The predicted molar refractivity (Wildman–Crippen MR) is 87.4 cm³/mol. The van der Waals surface area contributed by atoms with E-state index in [1.807, 2.05) is 22.4 Å². The Hall–Kier alpha value is -1.24. The molecule has 5 nitrogen and oxygen atoms in total. The summed E-state index contributed by atoms with van der Waals surface area (Å²) >= 11 is 1.43. The molecule has 2 heterocycles. The zero-order valence-electron chi connectivity index (χ0n) is 13.3. The fourth-order valence-corrected chi connectivity index (χ4v) is 3.39. The molecule has 1 unspecified atom stereocenters. The Labute approximate surface area is 135 Å². The lowest BCUT2D eigenvalue weighted by atomic mass is 10.1. The van der Waals surface area contributed by atoms with Crippen LogP contribution in [0, 0.1) is 0 Å². The first-order valence-electron chi connectivity index (χ1n) is 7.69. The monoisotopic (exact) mass is 324 g/mol. The molecule has 1 aliphatic rings. The zero-order chi connectivity index (χ0) is 15.9. The van der Waals surface area contributed by atoms with Gasteiger partial charge in [-0.05, 0) is 18.4 Å². The molecule has 0 aromatic carbocycles. The summed E-state index contributed by atoms with van der Waals surface area (Å²) in [6, 6.07) is 4.05. The minimum Gasteiger partial charge on any atom is -0.383 e. The van der Waals surface area contributed by atoms with E-state index < -0.39 is 0 Å². The van der Waals surface area contributed by atoms with E-state index in [0.29, 0.717) is 25.5 Å². The molecule has 0 saturated carbocycles. The van der Waals surface area contributed by atoms with E-state index in [1.54, 1.807) is 7.11 Å².